The van der Waals surface area contributed by atoms with E-state index in [1.54, 1.807) is 0 Å². The maximum atomic E-state index is 13.9. The van der Waals surface area contributed by atoms with E-state index in [1.165, 1.54) is 12.1 Å². The first-order chi connectivity index (χ1) is 15.9. The highest BCUT2D eigenvalue weighted by molar-refractivity contribution is 7.92. The normalized spacial score (nSPS) is 11.7. The van der Waals surface area contributed by atoms with Gasteiger partial charge in [0.25, 0.3) is 15.9 Å². The Kier molecular flexibility index (Phi) is 7.07. The van der Waals surface area contributed by atoms with E-state index in [4.69, 9.17) is 5.73 Å². The van der Waals surface area contributed by atoms with Crippen molar-refractivity contribution in [1.29, 1.82) is 0 Å². The van der Waals surface area contributed by atoms with Gasteiger partial charge >= 0.3 is 6.36 Å². The number of carbonyl (C=O) groups excluding carboxylic acids is 1. The summed E-state index contributed by atoms with van der Waals surface area (Å²) in [4.78, 5) is 11.8. The van der Waals surface area contributed by atoms with Crippen LogP contribution in [0.1, 0.15) is 15.9 Å². The molecule has 7 nitrogen and oxygen atoms in total. The SMILES string of the molecule is NCc1ccc(NC(=O)c2c(F)cccc2F)cc1NS(=O)(=O)c1cccc(OC(F)(F)F)c1. The first-order valence-electron chi connectivity index (χ1n) is 9.36. The van der Waals surface area contributed by atoms with Crippen LogP contribution < -0.4 is 20.5 Å². The van der Waals surface area contributed by atoms with Crippen LogP contribution in [0.3, 0.4) is 0 Å². The molecule has 0 aliphatic rings. The third-order valence-corrected chi connectivity index (χ3v) is 5.73. The van der Waals surface area contributed by atoms with Crippen molar-refractivity contribution in [2.75, 3.05) is 10.0 Å². The second kappa shape index (κ2) is 9.65. The molecule has 0 spiro atoms. The van der Waals surface area contributed by atoms with Gasteiger partial charge < -0.3 is 15.8 Å². The second-order valence-electron chi connectivity index (χ2n) is 6.75. The van der Waals surface area contributed by atoms with Gasteiger partial charge in [0, 0.05) is 18.3 Å². The molecule has 0 aliphatic heterocycles. The fourth-order valence-corrected chi connectivity index (χ4v) is 4.00. The Labute approximate surface area is 190 Å². The predicted octanol–water partition coefficient (Wildman–Crippen LogP) is 4.38. The average molecular weight is 501 g/mol. The Balaban J connectivity index is 1.89. The Morgan fingerprint density at radius 2 is 1.62 bits per heavy atom. The molecule has 34 heavy (non-hydrogen) atoms. The summed E-state index contributed by atoms with van der Waals surface area (Å²) in [6, 6.07) is 10.4. The minimum absolute atomic E-state index is 0.0308. The molecule has 0 fully saturated rings. The first kappa shape index (κ1) is 24.9. The molecule has 0 atom stereocenters. The van der Waals surface area contributed by atoms with Crippen LogP contribution in [0.2, 0.25) is 0 Å². The van der Waals surface area contributed by atoms with Crippen molar-refractivity contribution < 1.29 is 39.9 Å². The Morgan fingerprint density at radius 3 is 2.24 bits per heavy atom. The molecule has 13 heteroatoms. The van der Waals surface area contributed by atoms with E-state index in [0.717, 1.165) is 42.5 Å². The van der Waals surface area contributed by atoms with Gasteiger partial charge in [0.05, 0.1) is 10.6 Å². The van der Waals surface area contributed by atoms with E-state index in [9.17, 15) is 35.2 Å². The van der Waals surface area contributed by atoms with E-state index in [-0.39, 0.29) is 23.5 Å². The molecule has 1 amide bonds. The van der Waals surface area contributed by atoms with E-state index < -0.39 is 50.1 Å². The monoisotopic (exact) mass is 501 g/mol. The standard InChI is InChI=1S/C21H16F5N3O4S/c22-16-5-2-6-17(23)19(16)20(30)28-13-8-7-12(11-27)18(9-13)29-34(31,32)15-4-1-3-14(10-15)33-21(24,25)26/h1-10,29H,11,27H2,(H,28,30). The third-order valence-electron chi connectivity index (χ3n) is 4.37. The second-order valence-corrected chi connectivity index (χ2v) is 8.44. The average Bonchev–Trinajstić information content (AvgIpc) is 2.72. The van der Waals surface area contributed by atoms with Crippen molar-refractivity contribution in [3.63, 3.8) is 0 Å². The minimum atomic E-state index is -5.02. The van der Waals surface area contributed by atoms with Gasteiger partial charge in [0.2, 0.25) is 0 Å². The summed E-state index contributed by atoms with van der Waals surface area (Å²) in [6.07, 6.45) is -5.02. The number of halogens is 5. The molecule has 180 valence electrons. The molecule has 0 aromatic heterocycles. The zero-order valence-corrected chi connectivity index (χ0v) is 17.8. The molecule has 4 N–H and O–H groups in total. The lowest BCUT2D eigenvalue weighted by Crippen LogP contribution is -2.19. The molecule has 0 aliphatic carbocycles. The van der Waals surface area contributed by atoms with Crippen LogP contribution in [-0.4, -0.2) is 20.7 Å². The summed E-state index contributed by atoms with van der Waals surface area (Å²) >= 11 is 0. The summed E-state index contributed by atoms with van der Waals surface area (Å²) in [6.45, 7) is -0.148. The van der Waals surface area contributed by atoms with Crippen molar-refractivity contribution in [2.24, 2.45) is 5.73 Å². The number of anilines is 2. The highest BCUT2D eigenvalue weighted by Gasteiger charge is 2.31. The van der Waals surface area contributed by atoms with Gasteiger partial charge in [-0.05, 0) is 42.0 Å². The largest absolute Gasteiger partial charge is 0.573 e. The van der Waals surface area contributed by atoms with E-state index in [1.807, 2.05) is 0 Å². The zero-order chi connectivity index (χ0) is 25.1. The summed E-state index contributed by atoms with van der Waals surface area (Å²) < 4.78 is 96.5. The maximum absolute atomic E-state index is 13.9. The van der Waals surface area contributed by atoms with Crippen LogP contribution in [0, 0.1) is 11.6 Å². The number of sulfonamides is 1. The Bertz CT molecular complexity index is 1310. The van der Waals surface area contributed by atoms with Gasteiger partial charge in [-0.3, -0.25) is 9.52 Å². The van der Waals surface area contributed by atoms with Crippen LogP contribution in [0.5, 0.6) is 5.75 Å². The van der Waals surface area contributed by atoms with E-state index in [0.29, 0.717) is 6.07 Å². The van der Waals surface area contributed by atoms with Crippen molar-refractivity contribution in [2.45, 2.75) is 17.8 Å². The fourth-order valence-electron chi connectivity index (χ4n) is 2.88. The lowest BCUT2D eigenvalue weighted by Gasteiger charge is -2.15. The molecular weight excluding hydrogens is 485 g/mol. The Hall–Kier alpha value is -3.71. The lowest BCUT2D eigenvalue weighted by molar-refractivity contribution is -0.274. The molecule has 0 saturated carbocycles. The van der Waals surface area contributed by atoms with E-state index in [2.05, 4.69) is 14.8 Å². The quantitative estimate of drug-likeness (QED) is 0.417. The van der Waals surface area contributed by atoms with Crippen LogP contribution in [0.25, 0.3) is 0 Å². The number of alkyl halides is 3. The van der Waals surface area contributed by atoms with Crippen molar-refractivity contribution in [3.8, 4) is 5.75 Å². The number of hydrogen-bond acceptors (Lipinski definition) is 5. The lowest BCUT2D eigenvalue weighted by atomic mass is 10.1. The molecule has 0 radical (unpaired) electrons. The van der Waals surface area contributed by atoms with Gasteiger partial charge in [0.1, 0.15) is 22.9 Å². The topological polar surface area (TPSA) is 111 Å². The predicted molar refractivity (Wildman–Crippen MR) is 113 cm³/mol. The summed E-state index contributed by atoms with van der Waals surface area (Å²) in [5, 5.41) is 2.25. The molecular formula is C21H16F5N3O4S. The molecule has 0 saturated heterocycles. The summed E-state index contributed by atoms with van der Waals surface area (Å²) in [7, 11) is -4.42. The van der Waals surface area contributed by atoms with Gasteiger partial charge in [0.15, 0.2) is 0 Å². The molecule has 3 rings (SSSR count). The van der Waals surface area contributed by atoms with Crippen LogP contribution in [0.15, 0.2) is 65.6 Å². The number of nitrogens with one attached hydrogen (secondary N) is 2. The number of amides is 1. The van der Waals surface area contributed by atoms with Crippen molar-refractivity contribution >= 4 is 27.3 Å². The number of hydrogen-bond donors (Lipinski definition) is 3. The summed E-state index contributed by atoms with van der Waals surface area (Å²) in [5.41, 5.74) is 4.90. The number of nitrogens with two attached hydrogens (primary N) is 1. The number of carbonyl (C=O) groups is 1. The zero-order valence-electron chi connectivity index (χ0n) is 17.0. The van der Waals surface area contributed by atoms with E-state index >= 15 is 0 Å². The maximum Gasteiger partial charge on any atom is 0.573 e. The van der Waals surface area contributed by atoms with Crippen molar-refractivity contribution in [1.82, 2.24) is 0 Å². The molecule has 3 aromatic rings. The molecule has 0 bridgehead atoms. The third kappa shape index (κ3) is 5.99. The Morgan fingerprint density at radius 1 is 0.971 bits per heavy atom. The number of benzene rings is 3. The van der Waals surface area contributed by atoms with Gasteiger partial charge in [-0.1, -0.05) is 18.2 Å². The molecule has 0 heterocycles. The van der Waals surface area contributed by atoms with Gasteiger partial charge in [-0.2, -0.15) is 0 Å². The fraction of sp³-hybridized carbons (Fsp3) is 0.0952. The summed E-state index contributed by atoms with van der Waals surface area (Å²) in [5.74, 6) is -4.07. The van der Waals surface area contributed by atoms with Gasteiger partial charge in [-0.25, -0.2) is 17.2 Å². The first-order valence-corrected chi connectivity index (χ1v) is 10.8. The number of ether oxygens (including phenoxy) is 1. The smallest absolute Gasteiger partial charge is 0.406 e. The molecule has 3 aromatic carbocycles. The number of rotatable bonds is 7. The van der Waals surface area contributed by atoms with Crippen LogP contribution >= 0.6 is 0 Å². The van der Waals surface area contributed by atoms with Crippen LogP contribution in [-0.2, 0) is 16.6 Å². The van der Waals surface area contributed by atoms with Crippen LogP contribution in [0.4, 0.5) is 33.3 Å². The highest BCUT2D eigenvalue weighted by Crippen LogP contribution is 2.28. The van der Waals surface area contributed by atoms with Gasteiger partial charge in [-0.15, -0.1) is 13.2 Å². The highest BCUT2D eigenvalue weighted by atomic mass is 32.2. The minimum Gasteiger partial charge on any atom is -0.406 e. The van der Waals surface area contributed by atoms with Crippen molar-refractivity contribution in [3.05, 3.63) is 83.4 Å². The molecule has 0 unspecified atom stereocenters.